The molecule has 0 spiro atoms. The fourth-order valence-corrected chi connectivity index (χ4v) is 3.63. The van der Waals surface area contributed by atoms with Crippen LogP contribution in [0.15, 0.2) is 36.5 Å². The number of nitrogen functional groups attached to an aromatic ring is 1. The molecule has 0 radical (unpaired) electrons. The minimum atomic E-state index is -0.518. The molecule has 1 aromatic carbocycles. The van der Waals surface area contributed by atoms with Gasteiger partial charge in [0.05, 0.1) is 24.2 Å². The summed E-state index contributed by atoms with van der Waals surface area (Å²) in [5.74, 6) is 0.240. The molecule has 0 saturated carbocycles. The highest BCUT2D eigenvalue weighted by molar-refractivity contribution is 6.30. The SMILES string of the molecule is CCOC(=O)c1cnn(-c2cc(C(C)(C)C)nc3c(-c4ccc(Cl)cc4)c(C)nn23)c1N. The van der Waals surface area contributed by atoms with Crippen LogP contribution in [0, 0.1) is 6.92 Å². The van der Waals surface area contributed by atoms with Gasteiger partial charge in [0, 0.05) is 22.1 Å². The highest BCUT2D eigenvalue weighted by Crippen LogP contribution is 2.32. The van der Waals surface area contributed by atoms with Crippen molar-refractivity contribution in [3.05, 3.63) is 58.5 Å². The first-order chi connectivity index (χ1) is 15.1. The van der Waals surface area contributed by atoms with Gasteiger partial charge in [0.15, 0.2) is 11.5 Å². The Kier molecular flexibility index (Phi) is 5.42. The number of aromatic nitrogens is 5. The largest absolute Gasteiger partial charge is 0.462 e. The van der Waals surface area contributed by atoms with Gasteiger partial charge in [-0.1, -0.05) is 44.5 Å². The first-order valence-corrected chi connectivity index (χ1v) is 10.7. The highest BCUT2D eigenvalue weighted by atomic mass is 35.5. The molecule has 0 aliphatic heterocycles. The molecule has 0 unspecified atom stereocenters. The number of hydrogen-bond acceptors (Lipinski definition) is 6. The van der Waals surface area contributed by atoms with E-state index in [0.29, 0.717) is 16.5 Å². The molecule has 4 aromatic rings. The summed E-state index contributed by atoms with van der Waals surface area (Å²) in [6.07, 6.45) is 1.41. The maximum absolute atomic E-state index is 12.3. The van der Waals surface area contributed by atoms with Crippen molar-refractivity contribution in [2.45, 2.75) is 40.0 Å². The molecule has 0 amide bonds. The molecule has 0 atom stereocenters. The van der Waals surface area contributed by atoms with Crippen LogP contribution in [0.25, 0.3) is 22.6 Å². The van der Waals surface area contributed by atoms with Gasteiger partial charge in [0.1, 0.15) is 11.4 Å². The zero-order valence-corrected chi connectivity index (χ0v) is 19.4. The lowest BCUT2D eigenvalue weighted by Gasteiger charge is -2.20. The molecule has 9 heteroatoms. The number of ether oxygens (including phenoxy) is 1. The van der Waals surface area contributed by atoms with Gasteiger partial charge in [-0.2, -0.15) is 19.4 Å². The van der Waals surface area contributed by atoms with Crippen LogP contribution in [0.2, 0.25) is 5.02 Å². The highest BCUT2D eigenvalue weighted by Gasteiger charge is 2.25. The Balaban J connectivity index is 2.01. The molecule has 3 heterocycles. The second kappa shape index (κ2) is 7.94. The van der Waals surface area contributed by atoms with E-state index in [1.54, 1.807) is 11.4 Å². The average Bonchev–Trinajstić information content (AvgIpc) is 3.27. The summed E-state index contributed by atoms with van der Waals surface area (Å²) < 4.78 is 8.29. The Labute approximate surface area is 191 Å². The molecule has 0 bridgehead atoms. The lowest BCUT2D eigenvalue weighted by Crippen LogP contribution is -2.18. The second-order valence-electron chi connectivity index (χ2n) is 8.53. The minimum Gasteiger partial charge on any atom is -0.462 e. The third kappa shape index (κ3) is 3.71. The second-order valence-corrected chi connectivity index (χ2v) is 8.96. The summed E-state index contributed by atoms with van der Waals surface area (Å²) in [4.78, 5) is 17.2. The van der Waals surface area contributed by atoms with Crippen LogP contribution in [-0.2, 0) is 10.2 Å². The number of nitrogens with two attached hydrogens (primary N) is 1. The van der Waals surface area contributed by atoms with E-state index in [4.69, 9.17) is 32.2 Å². The first kappa shape index (κ1) is 21.8. The number of rotatable bonds is 4. The van der Waals surface area contributed by atoms with Crippen LogP contribution in [0.5, 0.6) is 0 Å². The molecule has 32 heavy (non-hydrogen) atoms. The maximum atomic E-state index is 12.3. The van der Waals surface area contributed by atoms with Crippen molar-refractivity contribution in [2.24, 2.45) is 0 Å². The lowest BCUT2D eigenvalue weighted by molar-refractivity contribution is 0.0527. The quantitative estimate of drug-likeness (QED) is 0.454. The van der Waals surface area contributed by atoms with Gasteiger partial charge >= 0.3 is 5.97 Å². The van der Waals surface area contributed by atoms with E-state index in [-0.39, 0.29) is 23.4 Å². The molecule has 3 aromatic heterocycles. The number of anilines is 1. The topological polar surface area (TPSA) is 100 Å². The van der Waals surface area contributed by atoms with Crippen LogP contribution < -0.4 is 5.73 Å². The van der Waals surface area contributed by atoms with Crippen molar-refractivity contribution >= 4 is 29.0 Å². The number of benzene rings is 1. The van der Waals surface area contributed by atoms with Crippen LogP contribution in [0.3, 0.4) is 0 Å². The third-order valence-corrected chi connectivity index (χ3v) is 5.42. The molecule has 2 N–H and O–H groups in total. The predicted molar refractivity (Wildman–Crippen MR) is 124 cm³/mol. The number of fused-ring (bicyclic) bond motifs is 1. The molecule has 0 aliphatic rings. The number of carbonyl (C=O) groups excluding carboxylic acids is 1. The molecule has 0 fully saturated rings. The number of halogens is 1. The van der Waals surface area contributed by atoms with Gasteiger partial charge in [-0.3, -0.25) is 0 Å². The van der Waals surface area contributed by atoms with Crippen LogP contribution in [0.1, 0.15) is 49.4 Å². The van der Waals surface area contributed by atoms with Gasteiger partial charge in [-0.05, 0) is 31.5 Å². The first-order valence-electron chi connectivity index (χ1n) is 10.3. The van der Waals surface area contributed by atoms with Gasteiger partial charge < -0.3 is 10.5 Å². The fourth-order valence-electron chi connectivity index (χ4n) is 3.50. The predicted octanol–water partition coefficient (Wildman–Crippen LogP) is 4.60. The molecule has 4 rings (SSSR count). The van der Waals surface area contributed by atoms with Crippen molar-refractivity contribution in [3.8, 4) is 16.9 Å². The normalized spacial score (nSPS) is 11.8. The number of esters is 1. The summed E-state index contributed by atoms with van der Waals surface area (Å²) in [7, 11) is 0. The fraction of sp³-hybridized carbons (Fsp3) is 0.304. The summed E-state index contributed by atoms with van der Waals surface area (Å²) in [6, 6.07) is 9.46. The van der Waals surface area contributed by atoms with Crippen LogP contribution in [0.4, 0.5) is 5.82 Å². The zero-order valence-electron chi connectivity index (χ0n) is 18.7. The summed E-state index contributed by atoms with van der Waals surface area (Å²) in [5, 5.41) is 9.76. The third-order valence-electron chi connectivity index (χ3n) is 5.17. The zero-order chi connectivity index (χ0) is 23.2. The Morgan fingerprint density at radius 1 is 1.22 bits per heavy atom. The van der Waals surface area contributed by atoms with E-state index in [2.05, 4.69) is 25.9 Å². The van der Waals surface area contributed by atoms with Crippen molar-refractivity contribution in [1.29, 1.82) is 0 Å². The van der Waals surface area contributed by atoms with Crippen LogP contribution in [-0.4, -0.2) is 37.0 Å². The molecular formula is C23H25ClN6O2. The van der Waals surface area contributed by atoms with Gasteiger partial charge in [0.25, 0.3) is 0 Å². The Morgan fingerprint density at radius 2 is 1.91 bits per heavy atom. The summed E-state index contributed by atoms with van der Waals surface area (Å²) in [5.41, 5.74) is 10.4. The standard InChI is InChI=1S/C23H25ClN6O2/c1-6-32-22(31)16-12-26-29(20(16)25)18-11-17(23(3,4)5)27-21-19(13(2)28-30(18)21)14-7-9-15(24)10-8-14/h7-12H,6,25H2,1-5H3. The molecular weight excluding hydrogens is 428 g/mol. The molecule has 0 aliphatic carbocycles. The van der Waals surface area contributed by atoms with Crippen LogP contribution >= 0.6 is 11.6 Å². The van der Waals surface area contributed by atoms with Crippen molar-refractivity contribution in [2.75, 3.05) is 12.3 Å². The number of carbonyl (C=O) groups is 1. The number of hydrogen-bond donors (Lipinski definition) is 1. The van der Waals surface area contributed by atoms with Gasteiger partial charge in [-0.15, -0.1) is 0 Å². The van der Waals surface area contributed by atoms with E-state index < -0.39 is 5.97 Å². The summed E-state index contributed by atoms with van der Waals surface area (Å²) in [6.45, 7) is 10.2. The summed E-state index contributed by atoms with van der Waals surface area (Å²) >= 11 is 6.09. The van der Waals surface area contributed by atoms with E-state index in [0.717, 1.165) is 22.5 Å². The molecule has 0 saturated heterocycles. The maximum Gasteiger partial charge on any atom is 0.343 e. The van der Waals surface area contributed by atoms with Crippen molar-refractivity contribution in [3.63, 3.8) is 0 Å². The monoisotopic (exact) mass is 452 g/mol. The van der Waals surface area contributed by atoms with E-state index in [1.807, 2.05) is 37.3 Å². The number of nitrogens with zero attached hydrogens (tertiary/aromatic N) is 5. The Hall–Kier alpha value is -3.39. The molecule has 8 nitrogen and oxygen atoms in total. The van der Waals surface area contributed by atoms with E-state index in [9.17, 15) is 4.79 Å². The Morgan fingerprint density at radius 3 is 2.53 bits per heavy atom. The number of aryl methyl sites for hydroxylation is 1. The van der Waals surface area contributed by atoms with Gasteiger partial charge in [-0.25, -0.2) is 9.78 Å². The lowest BCUT2D eigenvalue weighted by atomic mass is 9.92. The van der Waals surface area contributed by atoms with Gasteiger partial charge in [0.2, 0.25) is 0 Å². The van der Waals surface area contributed by atoms with Crippen molar-refractivity contribution < 1.29 is 9.53 Å². The van der Waals surface area contributed by atoms with E-state index >= 15 is 0 Å². The smallest absolute Gasteiger partial charge is 0.343 e. The molecule has 166 valence electrons. The average molecular weight is 453 g/mol. The van der Waals surface area contributed by atoms with Crippen molar-refractivity contribution in [1.82, 2.24) is 24.4 Å². The van der Waals surface area contributed by atoms with E-state index in [1.165, 1.54) is 10.9 Å². The Bertz CT molecular complexity index is 1320. The minimum absolute atomic E-state index is 0.178.